The Labute approximate surface area is 201 Å². The average Bonchev–Trinajstić information content (AvgIpc) is 2.90. The van der Waals surface area contributed by atoms with Gasteiger partial charge in [-0.1, -0.05) is 13.8 Å². The van der Waals surface area contributed by atoms with E-state index in [4.69, 9.17) is 18.9 Å². The minimum absolute atomic E-state index is 0.0266. The lowest BCUT2D eigenvalue weighted by molar-refractivity contribution is -0.127. The van der Waals surface area contributed by atoms with Crippen LogP contribution >= 0.6 is 0 Å². The van der Waals surface area contributed by atoms with Crippen LogP contribution in [0.4, 0.5) is 11.4 Å². The number of hydrogen-bond acceptors (Lipinski definition) is 6. The maximum absolute atomic E-state index is 13.2. The van der Waals surface area contributed by atoms with E-state index in [1.165, 1.54) is 21.3 Å². The Hall–Kier alpha value is -3.42. The first-order valence-electron chi connectivity index (χ1n) is 11.3. The Morgan fingerprint density at radius 2 is 1.79 bits per heavy atom. The van der Waals surface area contributed by atoms with Gasteiger partial charge in [0.1, 0.15) is 12.4 Å². The summed E-state index contributed by atoms with van der Waals surface area (Å²) in [5.41, 5.74) is 0.882. The predicted octanol–water partition coefficient (Wildman–Crippen LogP) is 4.76. The van der Waals surface area contributed by atoms with E-state index in [0.29, 0.717) is 46.6 Å². The zero-order valence-corrected chi connectivity index (χ0v) is 21.0. The molecule has 0 fully saturated rings. The first-order valence-corrected chi connectivity index (χ1v) is 11.3. The van der Waals surface area contributed by atoms with Crippen LogP contribution in [0.3, 0.4) is 0 Å². The normalized spacial score (nSPS) is 14.7. The van der Waals surface area contributed by atoms with Gasteiger partial charge in [0.05, 0.1) is 38.0 Å². The predicted molar refractivity (Wildman–Crippen MR) is 132 cm³/mol. The Morgan fingerprint density at radius 1 is 1.09 bits per heavy atom. The molecule has 0 unspecified atom stereocenters. The van der Waals surface area contributed by atoms with Crippen LogP contribution in [0.15, 0.2) is 30.3 Å². The van der Waals surface area contributed by atoms with Crippen LogP contribution in [0.5, 0.6) is 23.0 Å². The SMILES string of the molecule is COc1ccc(C(=O)Nc2ccc3c(c2)OCC(C)(C)C(=O)N3CCC(C)C)c(OC)c1OC. The van der Waals surface area contributed by atoms with Crippen molar-refractivity contribution in [3.05, 3.63) is 35.9 Å². The van der Waals surface area contributed by atoms with Gasteiger partial charge in [0.25, 0.3) is 5.91 Å². The van der Waals surface area contributed by atoms with Crippen molar-refractivity contribution in [3.8, 4) is 23.0 Å². The fourth-order valence-corrected chi connectivity index (χ4v) is 3.81. The third kappa shape index (κ3) is 5.05. The minimum Gasteiger partial charge on any atom is -0.493 e. The molecule has 1 aliphatic rings. The van der Waals surface area contributed by atoms with Crippen LogP contribution in [-0.4, -0.2) is 46.3 Å². The summed E-state index contributed by atoms with van der Waals surface area (Å²) in [7, 11) is 4.47. The van der Waals surface area contributed by atoms with Gasteiger partial charge in [-0.15, -0.1) is 0 Å². The molecule has 0 bridgehead atoms. The molecule has 0 saturated heterocycles. The van der Waals surface area contributed by atoms with Crippen LogP contribution in [0.25, 0.3) is 0 Å². The molecule has 0 radical (unpaired) electrons. The fraction of sp³-hybridized carbons (Fsp3) is 0.462. The van der Waals surface area contributed by atoms with Crippen LogP contribution in [0, 0.1) is 11.3 Å². The molecule has 8 nitrogen and oxygen atoms in total. The van der Waals surface area contributed by atoms with Gasteiger partial charge in [0, 0.05) is 18.3 Å². The van der Waals surface area contributed by atoms with Gasteiger partial charge >= 0.3 is 0 Å². The molecule has 0 saturated carbocycles. The summed E-state index contributed by atoms with van der Waals surface area (Å²) in [5, 5.41) is 2.89. The van der Waals surface area contributed by atoms with Crippen LogP contribution in [-0.2, 0) is 4.79 Å². The van der Waals surface area contributed by atoms with E-state index < -0.39 is 5.41 Å². The number of carbonyl (C=O) groups is 2. The van der Waals surface area contributed by atoms with Crippen molar-refractivity contribution in [1.29, 1.82) is 0 Å². The Bertz CT molecular complexity index is 1060. The van der Waals surface area contributed by atoms with Gasteiger partial charge < -0.3 is 29.2 Å². The average molecular weight is 471 g/mol. The van der Waals surface area contributed by atoms with Gasteiger partial charge in [-0.3, -0.25) is 9.59 Å². The molecule has 0 spiro atoms. The van der Waals surface area contributed by atoms with Crippen molar-refractivity contribution < 1.29 is 28.5 Å². The lowest BCUT2D eigenvalue weighted by atomic mass is 9.92. The molecule has 0 aliphatic carbocycles. The van der Waals surface area contributed by atoms with Crippen LogP contribution in [0.1, 0.15) is 44.5 Å². The number of carbonyl (C=O) groups excluding carboxylic acids is 2. The third-order valence-electron chi connectivity index (χ3n) is 5.80. The molecule has 0 aromatic heterocycles. The summed E-state index contributed by atoms with van der Waals surface area (Å²) < 4.78 is 22.1. The summed E-state index contributed by atoms with van der Waals surface area (Å²) in [6, 6.07) is 8.59. The molecule has 34 heavy (non-hydrogen) atoms. The van der Waals surface area contributed by atoms with Crippen molar-refractivity contribution in [3.63, 3.8) is 0 Å². The smallest absolute Gasteiger partial charge is 0.259 e. The minimum atomic E-state index is -0.660. The highest BCUT2D eigenvalue weighted by molar-refractivity contribution is 6.07. The van der Waals surface area contributed by atoms with E-state index in [1.54, 1.807) is 29.2 Å². The molecule has 8 heteroatoms. The molecule has 0 atom stereocenters. The first kappa shape index (κ1) is 25.2. The standard InChI is InChI=1S/C26H34N2O6/c1-16(2)12-13-28-19-10-8-17(14-21(19)34-15-26(3,4)25(28)30)27-24(29)18-9-11-20(31-5)23(33-7)22(18)32-6/h8-11,14,16H,12-13,15H2,1-7H3,(H,27,29). The van der Waals surface area contributed by atoms with Crippen molar-refractivity contribution >= 4 is 23.2 Å². The largest absolute Gasteiger partial charge is 0.493 e. The topological polar surface area (TPSA) is 86.3 Å². The van der Waals surface area contributed by atoms with Gasteiger partial charge in [-0.2, -0.15) is 0 Å². The second-order valence-corrected chi connectivity index (χ2v) is 9.33. The molecule has 2 amide bonds. The number of rotatable bonds is 8. The molecule has 1 heterocycles. The maximum atomic E-state index is 13.2. The van der Waals surface area contributed by atoms with Crippen LogP contribution < -0.4 is 29.2 Å². The zero-order valence-electron chi connectivity index (χ0n) is 21.0. The highest BCUT2D eigenvalue weighted by atomic mass is 16.5. The van der Waals surface area contributed by atoms with E-state index in [2.05, 4.69) is 19.2 Å². The third-order valence-corrected chi connectivity index (χ3v) is 5.80. The highest BCUT2D eigenvalue weighted by Crippen LogP contribution is 2.41. The van der Waals surface area contributed by atoms with E-state index in [0.717, 1.165) is 6.42 Å². The van der Waals surface area contributed by atoms with Gasteiger partial charge in [0.15, 0.2) is 11.5 Å². The number of hydrogen-bond donors (Lipinski definition) is 1. The van der Waals surface area contributed by atoms with Crippen molar-refractivity contribution in [2.45, 2.75) is 34.1 Å². The quantitative estimate of drug-likeness (QED) is 0.599. The van der Waals surface area contributed by atoms with E-state index in [-0.39, 0.29) is 24.2 Å². The fourth-order valence-electron chi connectivity index (χ4n) is 3.81. The lowest BCUT2D eigenvalue weighted by Gasteiger charge is -2.28. The Balaban J connectivity index is 1.92. The van der Waals surface area contributed by atoms with Gasteiger partial charge in [-0.25, -0.2) is 0 Å². The number of benzene rings is 2. The molecular weight excluding hydrogens is 436 g/mol. The highest BCUT2D eigenvalue weighted by Gasteiger charge is 2.37. The van der Waals surface area contributed by atoms with Gasteiger partial charge in [-0.05, 0) is 50.5 Å². The van der Waals surface area contributed by atoms with Crippen molar-refractivity contribution in [2.75, 3.05) is 44.7 Å². The number of amides is 2. The molecule has 184 valence electrons. The zero-order chi connectivity index (χ0) is 25.0. The Morgan fingerprint density at radius 3 is 2.41 bits per heavy atom. The van der Waals surface area contributed by atoms with E-state index in [1.807, 2.05) is 19.9 Å². The van der Waals surface area contributed by atoms with Crippen molar-refractivity contribution in [1.82, 2.24) is 0 Å². The molecule has 3 rings (SSSR count). The number of nitrogens with one attached hydrogen (secondary N) is 1. The lowest BCUT2D eigenvalue weighted by Crippen LogP contribution is -2.42. The molecule has 2 aromatic carbocycles. The van der Waals surface area contributed by atoms with Crippen molar-refractivity contribution in [2.24, 2.45) is 11.3 Å². The second-order valence-electron chi connectivity index (χ2n) is 9.33. The monoisotopic (exact) mass is 470 g/mol. The number of nitrogens with zero attached hydrogens (tertiary/aromatic N) is 1. The summed E-state index contributed by atoms with van der Waals surface area (Å²) in [6.07, 6.45) is 0.874. The van der Waals surface area contributed by atoms with E-state index in [9.17, 15) is 9.59 Å². The molecule has 2 aromatic rings. The maximum Gasteiger partial charge on any atom is 0.259 e. The Kier molecular flexibility index (Phi) is 7.59. The summed E-state index contributed by atoms with van der Waals surface area (Å²) in [5.74, 6) is 1.74. The summed E-state index contributed by atoms with van der Waals surface area (Å²) >= 11 is 0. The molecule has 1 N–H and O–H groups in total. The summed E-state index contributed by atoms with van der Waals surface area (Å²) in [6.45, 7) is 8.88. The van der Waals surface area contributed by atoms with E-state index >= 15 is 0 Å². The first-order chi connectivity index (χ1) is 16.1. The number of fused-ring (bicyclic) bond motifs is 1. The molecular formula is C26H34N2O6. The number of ether oxygens (including phenoxy) is 4. The second kappa shape index (κ2) is 10.2. The van der Waals surface area contributed by atoms with Gasteiger partial charge in [0.2, 0.25) is 11.7 Å². The molecule has 1 aliphatic heterocycles. The number of anilines is 2. The van der Waals surface area contributed by atoms with Crippen LogP contribution in [0.2, 0.25) is 0 Å². The summed E-state index contributed by atoms with van der Waals surface area (Å²) in [4.78, 5) is 28.1. The number of methoxy groups -OCH3 is 3.